The van der Waals surface area contributed by atoms with Crippen molar-refractivity contribution >= 4 is 5.97 Å². The predicted molar refractivity (Wildman–Crippen MR) is 131 cm³/mol. The van der Waals surface area contributed by atoms with Crippen LogP contribution in [0.5, 0.6) is 0 Å². The lowest BCUT2D eigenvalue weighted by atomic mass is 9.47. The first-order valence-electron chi connectivity index (χ1n) is 13.7. The topological polar surface area (TPSA) is 66.8 Å². The molecule has 33 heavy (non-hydrogen) atoms. The number of allylic oxidation sites excluding steroid dienone is 1. The summed E-state index contributed by atoms with van der Waals surface area (Å²) in [6, 6.07) is 0. The normalized spacial score (nSPS) is 44.3. The standard InChI is InChI=1S/C29H48O4/c1-17(2)7-10-25(32)18(3)27-26(33-19(4)30)16-24-22-9-8-20-15-21(31)11-13-28(20,5)23(22)12-14-29(24,27)6/h8,17-18,21-27,31-32H,7,9-16H2,1-6H3/t18-,21?,22-,23+,24+,25-,26?,27+,28+,29+/m1/s1. The van der Waals surface area contributed by atoms with E-state index in [2.05, 4.69) is 40.7 Å². The van der Waals surface area contributed by atoms with Crippen LogP contribution in [0.25, 0.3) is 0 Å². The summed E-state index contributed by atoms with van der Waals surface area (Å²) >= 11 is 0. The van der Waals surface area contributed by atoms with Gasteiger partial charge in [-0.05, 0) is 98.2 Å². The second-order valence-corrected chi connectivity index (χ2v) is 13.0. The van der Waals surface area contributed by atoms with Gasteiger partial charge in [-0.15, -0.1) is 0 Å². The molecular formula is C29H48O4. The zero-order valence-electron chi connectivity index (χ0n) is 21.8. The lowest BCUT2D eigenvalue weighted by molar-refractivity contribution is -0.152. The minimum Gasteiger partial charge on any atom is -0.462 e. The van der Waals surface area contributed by atoms with Crippen LogP contribution < -0.4 is 0 Å². The van der Waals surface area contributed by atoms with Gasteiger partial charge in [0.2, 0.25) is 0 Å². The molecule has 0 heterocycles. The number of aliphatic hydroxyl groups is 2. The molecule has 3 saturated carbocycles. The largest absolute Gasteiger partial charge is 0.462 e. The highest BCUT2D eigenvalue weighted by atomic mass is 16.5. The van der Waals surface area contributed by atoms with Crippen molar-refractivity contribution in [2.75, 3.05) is 0 Å². The molecule has 0 spiro atoms. The predicted octanol–water partition coefficient (Wildman–Crippen LogP) is 5.90. The molecule has 0 amide bonds. The van der Waals surface area contributed by atoms with E-state index in [-0.39, 0.29) is 46.9 Å². The molecule has 10 atom stereocenters. The van der Waals surface area contributed by atoms with E-state index in [1.54, 1.807) is 0 Å². The van der Waals surface area contributed by atoms with Crippen molar-refractivity contribution in [3.8, 4) is 0 Å². The molecule has 4 rings (SSSR count). The summed E-state index contributed by atoms with van der Waals surface area (Å²) in [7, 11) is 0. The van der Waals surface area contributed by atoms with Gasteiger partial charge in [0.05, 0.1) is 12.2 Å². The van der Waals surface area contributed by atoms with Gasteiger partial charge in [0, 0.05) is 12.8 Å². The first kappa shape index (κ1) is 25.2. The first-order valence-corrected chi connectivity index (χ1v) is 13.7. The number of carbonyl (C=O) groups excluding carboxylic acids is 1. The smallest absolute Gasteiger partial charge is 0.302 e. The van der Waals surface area contributed by atoms with Gasteiger partial charge in [0.15, 0.2) is 0 Å². The molecule has 2 N–H and O–H groups in total. The SMILES string of the molecule is CC(=O)OC1C[C@H]2[C@@H]3CC=C4CC(O)CC[C@]4(C)[C@H]3CC[C@]2(C)[C@H]1[C@H](C)[C@H](O)CCC(C)C. The molecule has 0 saturated heterocycles. The first-order chi connectivity index (χ1) is 15.5. The summed E-state index contributed by atoms with van der Waals surface area (Å²) < 4.78 is 6.00. The van der Waals surface area contributed by atoms with E-state index in [1.807, 2.05) is 0 Å². The third kappa shape index (κ3) is 4.44. The van der Waals surface area contributed by atoms with Crippen LogP contribution in [0, 0.1) is 46.3 Å². The van der Waals surface area contributed by atoms with E-state index >= 15 is 0 Å². The van der Waals surface area contributed by atoms with Crippen molar-refractivity contribution in [2.24, 2.45) is 46.3 Å². The fourth-order valence-corrected chi connectivity index (χ4v) is 8.95. The van der Waals surface area contributed by atoms with Gasteiger partial charge in [0.1, 0.15) is 6.10 Å². The lowest BCUT2D eigenvalue weighted by Crippen LogP contribution is -2.51. The summed E-state index contributed by atoms with van der Waals surface area (Å²) in [5.41, 5.74) is 1.80. The van der Waals surface area contributed by atoms with E-state index < -0.39 is 0 Å². The number of hydrogen-bond acceptors (Lipinski definition) is 4. The number of aliphatic hydroxyl groups excluding tert-OH is 2. The van der Waals surface area contributed by atoms with Crippen molar-refractivity contribution < 1.29 is 19.7 Å². The van der Waals surface area contributed by atoms with Gasteiger partial charge in [0.25, 0.3) is 0 Å². The fourth-order valence-electron chi connectivity index (χ4n) is 8.95. The Labute approximate surface area is 201 Å². The molecular weight excluding hydrogens is 412 g/mol. The van der Waals surface area contributed by atoms with E-state index in [4.69, 9.17) is 4.74 Å². The Kier molecular flexibility index (Phi) is 7.11. The number of esters is 1. The highest BCUT2D eigenvalue weighted by molar-refractivity contribution is 5.66. The minimum absolute atomic E-state index is 0.0914. The van der Waals surface area contributed by atoms with Crippen molar-refractivity contribution in [1.82, 2.24) is 0 Å². The molecule has 0 radical (unpaired) electrons. The van der Waals surface area contributed by atoms with Gasteiger partial charge >= 0.3 is 5.97 Å². The Morgan fingerprint density at radius 3 is 2.55 bits per heavy atom. The monoisotopic (exact) mass is 460 g/mol. The van der Waals surface area contributed by atoms with Gasteiger partial charge in [-0.1, -0.05) is 46.3 Å². The second-order valence-electron chi connectivity index (χ2n) is 13.0. The Morgan fingerprint density at radius 1 is 1.15 bits per heavy atom. The zero-order valence-corrected chi connectivity index (χ0v) is 21.8. The average Bonchev–Trinajstić information content (AvgIpc) is 3.03. The molecule has 4 aliphatic carbocycles. The van der Waals surface area contributed by atoms with Gasteiger partial charge in [-0.25, -0.2) is 0 Å². The molecule has 4 nitrogen and oxygen atoms in total. The third-order valence-corrected chi connectivity index (χ3v) is 10.7. The van der Waals surface area contributed by atoms with E-state index in [1.165, 1.54) is 18.9 Å². The zero-order chi connectivity index (χ0) is 24.1. The number of rotatable bonds is 6. The Balaban J connectivity index is 1.62. The van der Waals surface area contributed by atoms with Gasteiger partial charge in [-0.2, -0.15) is 0 Å². The summed E-state index contributed by atoms with van der Waals surface area (Å²) in [5.74, 6) is 2.50. The van der Waals surface area contributed by atoms with Crippen molar-refractivity contribution in [1.29, 1.82) is 0 Å². The Bertz CT molecular complexity index is 759. The number of fused-ring (bicyclic) bond motifs is 5. The van der Waals surface area contributed by atoms with Crippen LogP contribution in [0.1, 0.15) is 99.3 Å². The summed E-state index contributed by atoms with van der Waals surface area (Å²) in [6.45, 7) is 13.1. The maximum atomic E-state index is 12.1. The average molecular weight is 461 g/mol. The highest BCUT2D eigenvalue weighted by Crippen LogP contribution is 2.67. The van der Waals surface area contributed by atoms with Crippen LogP contribution in [0.2, 0.25) is 0 Å². The molecule has 4 aliphatic rings. The van der Waals surface area contributed by atoms with Crippen LogP contribution in [0.15, 0.2) is 11.6 Å². The van der Waals surface area contributed by atoms with Crippen LogP contribution in [-0.2, 0) is 9.53 Å². The molecule has 0 bridgehead atoms. The summed E-state index contributed by atoms with van der Waals surface area (Å²) in [6.07, 6.45) is 10.9. The maximum Gasteiger partial charge on any atom is 0.302 e. The molecule has 0 aromatic carbocycles. The molecule has 2 unspecified atom stereocenters. The van der Waals surface area contributed by atoms with Crippen LogP contribution in [-0.4, -0.2) is 34.5 Å². The van der Waals surface area contributed by atoms with Crippen LogP contribution >= 0.6 is 0 Å². The molecule has 3 fully saturated rings. The fraction of sp³-hybridized carbons (Fsp3) is 0.897. The van der Waals surface area contributed by atoms with Gasteiger partial charge in [-0.3, -0.25) is 4.79 Å². The maximum absolute atomic E-state index is 12.1. The quantitative estimate of drug-likeness (QED) is 0.382. The van der Waals surface area contributed by atoms with Crippen LogP contribution in [0.3, 0.4) is 0 Å². The molecule has 0 aromatic rings. The Hall–Kier alpha value is -0.870. The van der Waals surface area contributed by atoms with Gasteiger partial charge < -0.3 is 14.9 Å². The summed E-state index contributed by atoms with van der Waals surface area (Å²) in [4.78, 5) is 12.1. The molecule has 0 aromatic heterocycles. The molecule has 4 heteroatoms. The lowest BCUT2D eigenvalue weighted by Gasteiger charge is -2.58. The number of hydrogen-bond donors (Lipinski definition) is 2. The van der Waals surface area contributed by atoms with Crippen molar-refractivity contribution in [3.63, 3.8) is 0 Å². The van der Waals surface area contributed by atoms with E-state index in [0.29, 0.717) is 23.7 Å². The summed E-state index contributed by atoms with van der Waals surface area (Å²) in [5, 5.41) is 21.4. The highest BCUT2D eigenvalue weighted by Gasteiger charge is 2.63. The third-order valence-electron chi connectivity index (χ3n) is 10.7. The van der Waals surface area contributed by atoms with Crippen molar-refractivity contribution in [3.05, 3.63) is 11.6 Å². The van der Waals surface area contributed by atoms with E-state index in [9.17, 15) is 15.0 Å². The number of carbonyl (C=O) groups is 1. The van der Waals surface area contributed by atoms with E-state index in [0.717, 1.165) is 51.4 Å². The molecule has 0 aliphatic heterocycles. The minimum atomic E-state index is -0.348. The second kappa shape index (κ2) is 9.30. The molecule has 188 valence electrons. The van der Waals surface area contributed by atoms with Crippen LogP contribution in [0.4, 0.5) is 0 Å². The number of ether oxygens (including phenoxy) is 1. The van der Waals surface area contributed by atoms with Crippen molar-refractivity contribution in [2.45, 2.75) is 118 Å². The Morgan fingerprint density at radius 2 is 1.88 bits per heavy atom.